The van der Waals surface area contributed by atoms with Gasteiger partial charge in [0, 0.05) is 17.1 Å². The van der Waals surface area contributed by atoms with Gasteiger partial charge in [-0.15, -0.1) is 11.3 Å². The average Bonchev–Trinajstić information content (AvgIpc) is 2.47. The van der Waals surface area contributed by atoms with Crippen LogP contribution in [0.2, 0.25) is 0 Å². The Balaban J connectivity index is 2.20. The molecule has 1 aromatic rings. The molecule has 84 valence electrons. The predicted octanol–water partition coefficient (Wildman–Crippen LogP) is 3.07. The fraction of sp³-hybridized carbons (Fsp3) is 0.750. The Morgan fingerprint density at radius 2 is 2.20 bits per heavy atom. The fourth-order valence-electron chi connectivity index (χ4n) is 2.61. The smallest absolute Gasteiger partial charge is 0.113 e. The Bertz CT molecular complexity index is 337. The van der Waals surface area contributed by atoms with Crippen molar-refractivity contribution in [3.63, 3.8) is 0 Å². The van der Waals surface area contributed by atoms with Crippen LogP contribution in [0.15, 0.2) is 5.38 Å². The Morgan fingerprint density at radius 3 is 2.60 bits per heavy atom. The molecule has 1 aliphatic rings. The van der Waals surface area contributed by atoms with Crippen molar-refractivity contribution in [2.24, 2.45) is 5.92 Å². The Morgan fingerprint density at radius 1 is 1.53 bits per heavy atom. The van der Waals surface area contributed by atoms with Crippen LogP contribution in [0.25, 0.3) is 0 Å². The van der Waals surface area contributed by atoms with Crippen LogP contribution in [0.4, 0.5) is 0 Å². The number of hydrogen-bond donors (Lipinski definition) is 1. The molecular weight excluding hydrogens is 204 g/mol. The Hall–Kier alpha value is -0.410. The molecule has 0 aliphatic heterocycles. The van der Waals surface area contributed by atoms with Crippen molar-refractivity contribution in [3.05, 3.63) is 16.1 Å². The molecular formula is C12H20N2S. The molecule has 0 unspecified atom stereocenters. The summed E-state index contributed by atoms with van der Waals surface area (Å²) in [5, 5.41) is 7.14. The first-order chi connectivity index (χ1) is 7.02. The molecule has 0 atom stereocenters. The third kappa shape index (κ3) is 2.08. The zero-order valence-corrected chi connectivity index (χ0v) is 10.8. The highest BCUT2D eigenvalue weighted by molar-refractivity contribution is 7.09. The third-order valence-corrected chi connectivity index (χ3v) is 4.15. The number of thiazole rings is 1. The van der Waals surface area contributed by atoms with E-state index in [-0.39, 0.29) is 5.54 Å². The van der Waals surface area contributed by atoms with Crippen LogP contribution in [0.1, 0.15) is 44.3 Å². The van der Waals surface area contributed by atoms with Gasteiger partial charge in [0.25, 0.3) is 0 Å². The molecule has 15 heavy (non-hydrogen) atoms. The second-order valence-electron chi connectivity index (χ2n) is 5.19. The van der Waals surface area contributed by atoms with Gasteiger partial charge in [-0.05, 0) is 39.5 Å². The number of nitrogens with one attached hydrogen (secondary N) is 1. The average molecular weight is 224 g/mol. The second kappa shape index (κ2) is 3.87. The van der Waals surface area contributed by atoms with Gasteiger partial charge < -0.3 is 5.32 Å². The summed E-state index contributed by atoms with van der Waals surface area (Å²) in [6.07, 6.45) is 2.47. The number of hydrogen-bond acceptors (Lipinski definition) is 3. The molecule has 0 aromatic carbocycles. The summed E-state index contributed by atoms with van der Waals surface area (Å²) < 4.78 is 0. The third-order valence-electron chi connectivity index (χ3n) is 2.99. The lowest BCUT2D eigenvalue weighted by atomic mass is 9.69. The number of aromatic nitrogens is 1. The second-order valence-corrected chi connectivity index (χ2v) is 6.05. The lowest BCUT2D eigenvalue weighted by Crippen LogP contribution is -2.54. The van der Waals surface area contributed by atoms with E-state index in [2.05, 4.69) is 43.4 Å². The van der Waals surface area contributed by atoms with Crippen LogP contribution in [-0.4, -0.2) is 11.0 Å². The van der Waals surface area contributed by atoms with Crippen LogP contribution in [0, 0.1) is 12.8 Å². The summed E-state index contributed by atoms with van der Waals surface area (Å²) in [7, 11) is 0. The van der Waals surface area contributed by atoms with E-state index >= 15 is 0 Å². The van der Waals surface area contributed by atoms with E-state index < -0.39 is 0 Å². The van der Waals surface area contributed by atoms with E-state index in [4.69, 9.17) is 0 Å². The zero-order valence-electron chi connectivity index (χ0n) is 10.0. The van der Waals surface area contributed by atoms with Crippen molar-refractivity contribution >= 4 is 11.3 Å². The van der Waals surface area contributed by atoms with Crippen LogP contribution < -0.4 is 5.32 Å². The van der Waals surface area contributed by atoms with Crippen molar-refractivity contribution in [1.82, 2.24) is 10.3 Å². The first-order valence-electron chi connectivity index (χ1n) is 5.72. The number of rotatable bonds is 3. The molecule has 1 fully saturated rings. The van der Waals surface area contributed by atoms with Gasteiger partial charge in [-0.1, -0.05) is 6.92 Å². The van der Waals surface area contributed by atoms with Gasteiger partial charge in [0.05, 0.1) is 5.54 Å². The van der Waals surface area contributed by atoms with Crippen molar-refractivity contribution < 1.29 is 0 Å². The number of nitrogens with zero attached hydrogens (tertiary/aromatic N) is 1. The van der Waals surface area contributed by atoms with Gasteiger partial charge >= 0.3 is 0 Å². The monoisotopic (exact) mass is 224 g/mol. The van der Waals surface area contributed by atoms with Crippen molar-refractivity contribution in [1.29, 1.82) is 0 Å². The topological polar surface area (TPSA) is 24.9 Å². The Labute approximate surface area is 96.1 Å². The van der Waals surface area contributed by atoms with Gasteiger partial charge in [-0.3, -0.25) is 0 Å². The first-order valence-corrected chi connectivity index (χ1v) is 6.60. The van der Waals surface area contributed by atoms with Gasteiger partial charge in [0.2, 0.25) is 0 Å². The standard InChI is InChI=1S/C12H20N2S/c1-8(2)14-12(5-9(3)6-12)11-13-10(4)7-15-11/h7-9,14H,5-6H2,1-4H3. The highest BCUT2D eigenvalue weighted by Crippen LogP contribution is 2.46. The summed E-state index contributed by atoms with van der Waals surface area (Å²) in [6.45, 7) is 8.82. The van der Waals surface area contributed by atoms with Gasteiger partial charge in [0.15, 0.2) is 0 Å². The van der Waals surface area contributed by atoms with E-state index in [1.165, 1.54) is 17.8 Å². The molecule has 1 aliphatic carbocycles. The molecule has 1 heterocycles. The van der Waals surface area contributed by atoms with Crippen LogP contribution >= 0.6 is 11.3 Å². The highest BCUT2D eigenvalue weighted by atomic mass is 32.1. The maximum absolute atomic E-state index is 4.65. The van der Waals surface area contributed by atoms with Crippen molar-refractivity contribution in [3.8, 4) is 0 Å². The normalized spacial score (nSPS) is 30.6. The maximum atomic E-state index is 4.65. The molecule has 0 radical (unpaired) electrons. The lowest BCUT2D eigenvalue weighted by Gasteiger charge is -2.47. The first kappa shape index (κ1) is 11.1. The van der Waals surface area contributed by atoms with Gasteiger partial charge in [-0.25, -0.2) is 4.98 Å². The molecule has 0 saturated heterocycles. The summed E-state index contributed by atoms with van der Waals surface area (Å²) in [5.74, 6) is 0.834. The molecule has 2 nitrogen and oxygen atoms in total. The van der Waals surface area contributed by atoms with E-state index in [9.17, 15) is 0 Å². The summed E-state index contributed by atoms with van der Waals surface area (Å²) in [4.78, 5) is 4.65. The summed E-state index contributed by atoms with van der Waals surface area (Å²) >= 11 is 1.80. The molecule has 0 bridgehead atoms. The molecule has 0 spiro atoms. The quantitative estimate of drug-likeness (QED) is 0.853. The SMILES string of the molecule is Cc1csc(C2(NC(C)C)CC(C)C2)n1. The van der Waals surface area contributed by atoms with Gasteiger partial charge in [-0.2, -0.15) is 0 Å². The largest absolute Gasteiger partial charge is 0.303 e. The summed E-state index contributed by atoms with van der Waals surface area (Å²) in [5.41, 5.74) is 1.34. The zero-order chi connectivity index (χ0) is 11.1. The maximum Gasteiger partial charge on any atom is 0.113 e. The van der Waals surface area contributed by atoms with E-state index in [1.807, 2.05) is 0 Å². The molecule has 1 aromatic heterocycles. The number of aryl methyl sites for hydroxylation is 1. The van der Waals surface area contributed by atoms with Crippen LogP contribution in [0.3, 0.4) is 0 Å². The minimum Gasteiger partial charge on any atom is -0.303 e. The van der Waals surface area contributed by atoms with Crippen LogP contribution in [0.5, 0.6) is 0 Å². The Kier molecular flexibility index (Phi) is 2.86. The molecule has 1 N–H and O–H groups in total. The lowest BCUT2D eigenvalue weighted by molar-refractivity contribution is 0.104. The minimum atomic E-state index is 0.187. The fourth-order valence-corrected chi connectivity index (χ4v) is 3.59. The van der Waals surface area contributed by atoms with Crippen LogP contribution in [-0.2, 0) is 5.54 Å². The van der Waals surface area contributed by atoms with E-state index in [0.717, 1.165) is 11.6 Å². The molecule has 1 saturated carbocycles. The van der Waals surface area contributed by atoms with Crippen molar-refractivity contribution in [2.75, 3.05) is 0 Å². The predicted molar refractivity (Wildman–Crippen MR) is 65.2 cm³/mol. The molecule has 0 amide bonds. The highest BCUT2D eigenvalue weighted by Gasteiger charge is 2.45. The molecule has 2 rings (SSSR count). The van der Waals surface area contributed by atoms with Crippen molar-refractivity contribution in [2.45, 2.75) is 52.1 Å². The van der Waals surface area contributed by atoms with Gasteiger partial charge in [0.1, 0.15) is 5.01 Å². The minimum absolute atomic E-state index is 0.187. The van der Waals surface area contributed by atoms with E-state index in [0.29, 0.717) is 6.04 Å². The van der Waals surface area contributed by atoms with E-state index in [1.54, 1.807) is 11.3 Å². The molecule has 3 heteroatoms. The summed E-state index contributed by atoms with van der Waals surface area (Å²) in [6, 6.07) is 0.529.